The Labute approximate surface area is 699 Å². The molecule has 26 N–H and O–H groups in total. The van der Waals surface area contributed by atoms with E-state index in [4.69, 9.17) is 27.7 Å². The van der Waals surface area contributed by atoms with Crippen LogP contribution in [0, 0.1) is 5.92 Å². The quantitative estimate of drug-likeness (QED) is 0.0230. The van der Waals surface area contributed by atoms with Crippen molar-refractivity contribution in [3.8, 4) is 5.75 Å². The third-order valence-corrected chi connectivity index (χ3v) is 21.2. The molecule has 3 aliphatic heterocycles. The summed E-state index contributed by atoms with van der Waals surface area (Å²) < 4.78 is 6.11. The van der Waals surface area contributed by atoms with Gasteiger partial charge in [-0.25, -0.2) is 4.79 Å². The summed E-state index contributed by atoms with van der Waals surface area (Å²) in [5.74, 6) is -18.1. The maximum absolute atomic E-state index is 14.9. The lowest BCUT2D eigenvalue weighted by Crippen LogP contribution is -2.64. The van der Waals surface area contributed by atoms with Gasteiger partial charge < -0.3 is 136 Å². The fourth-order valence-corrected chi connectivity index (χ4v) is 14.2. The molecule has 0 aliphatic carbocycles. The minimum absolute atomic E-state index is 0.00493. The number of hydrogen-bond donors (Lipinski definition) is 22. The monoisotopic (exact) mass is 1700 g/mol. The van der Waals surface area contributed by atoms with E-state index in [2.05, 4.69) is 60.1 Å². The zero-order chi connectivity index (χ0) is 89.8. The summed E-state index contributed by atoms with van der Waals surface area (Å²) in [5, 5.41) is 112. The molecular weight excluding hydrogens is 1570 g/mol. The highest BCUT2D eigenvalue weighted by atomic mass is 16.5. The van der Waals surface area contributed by atoms with Crippen molar-refractivity contribution in [1.82, 2.24) is 67.9 Å². The minimum Gasteiger partial charge on any atom is -0.508 e. The topological polar surface area (TPSA) is 661 Å². The van der Waals surface area contributed by atoms with Gasteiger partial charge in [-0.15, -0.1) is 0 Å². The number of nitrogens with two attached hydrogens (primary N) is 4. The first-order valence-corrected chi connectivity index (χ1v) is 41.7. The largest absolute Gasteiger partial charge is 0.508 e. The normalized spacial score (nSPS) is 26.7. The molecule has 0 saturated carbocycles. The molecule has 14 amide bonds. The summed E-state index contributed by atoms with van der Waals surface area (Å²) in [6, 6.07) is -15.8. The lowest BCUT2D eigenvalue weighted by Gasteiger charge is -2.34. The van der Waals surface area contributed by atoms with Gasteiger partial charge in [0.1, 0.15) is 78.3 Å². The summed E-state index contributed by atoms with van der Waals surface area (Å²) in [5.41, 5.74) is 23.6. The number of aliphatic hydroxyl groups excluding tert-OH is 7. The second-order valence-corrected chi connectivity index (χ2v) is 31.9. The lowest BCUT2D eigenvalue weighted by molar-refractivity contribution is -0.155. The highest BCUT2D eigenvalue weighted by Crippen LogP contribution is 2.26. The van der Waals surface area contributed by atoms with Crippen LogP contribution in [0.2, 0.25) is 0 Å². The predicted octanol–water partition coefficient (Wildman–Crippen LogP) is -6.19. The van der Waals surface area contributed by atoms with E-state index >= 15 is 0 Å². The van der Waals surface area contributed by atoms with E-state index < -0.39 is 255 Å². The number of carbonyl (C=O) groups excluding carboxylic acids is 15. The fourth-order valence-electron chi connectivity index (χ4n) is 14.2. The van der Waals surface area contributed by atoms with Crippen molar-refractivity contribution in [3.05, 3.63) is 29.8 Å². The zero-order valence-corrected chi connectivity index (χ0v) is 70.2. The standard InChI is InChI=1S/C79H133N17O24/c1-9-10-11-12-13-14-15-16-17-18-19-23-51-38-59(106)88-62(44(5)97)72(112)85-43(4)68(108)87-54(36-48-26-28-49(101)29-27-48)69(109)90-61(42(2)3)77(117)96-41-50(102)37-55(96)70(110)91-64(46(7)99)74(114)92-65(47(8)100)78(118)95-35-30-56(103)67(95)75(115)93-66(57(104)39-58(83)105)71(111)84-40-60(107)89-63(45(6)98)73(113)86-53(79(119)120-51)25-21-33-94(34-22-32-81)76(116)52(82)24-20-31-80/h26-29,42-47,50-57,61-67,97-104H,9-25,30-41,80-82H2,1-8H3,(H2,83,105)(H,84,111)(H,85,112)(H,86,113)(H,87,108)(H,88,106)(H,89,107)(H,90,109)(H,91,110)(H,92,114)(H,93,115)/t43-,44-,45-,46-,47-,50-,51-,52+,53-,54+,55+,56+,57?,61+,62-,63+,64-,65+,66?,67+/m1/s1. The molecule has 3 saturated heterocycles. The Hall–Kier alpha value is -9.33. The first-order chi connectivity index (χ1) is 56.7. The number of phenols is 1. The number of nitrogens with zero attached hydrogens (tertiary/aromatic N) is 3. The Kier molecular flexibility index (Phi) is 44.7. The van der Waals surface area contributed by atoms with Crippen LogP contribution in [0.25, 0.3) is 0 Å². The molecule has 3 heterocycles. The molecule has 41 nitrogen and oxygen atoms in total. The summed E-state index contributed by atoms with van der Waals surface area (Å²) >= 11 is 0. The molecule has 3 fully saturated rings. The van der Waals surface area contributed by atoms with Crippen LogP contribution < -0.4 is 76.1 Å². The van der Waals surface area contributed by atoms with Crippen LogP contribution in [-0.2, 0) is 83.1 Å². The number of fused-ring (bicyclic) bond motifs is 2. The summed E-state index contributed by atoms with van der Waals surface area (Å²) in [4.78, 5) is 217. The van der Waals surface area contributed by atoms with Gasteiger partial charge in [0.15, 0.2) is 0 Å². The van der Waals surface area contributed by atoms with Crippen LogP contribution in [0.15, 0.2) is 24.3 Å². The number of ether oxygens (including phenoxy) is 1. The highest BCUT2D eigenvalue weighted by molar-refractivity contribution is 6.00. The summed E-state index contributed by atoms with van der Waals surface area (Å²) in [6.07, 6.45) is -6.20. The second kappa shape index (κ2) is 52.1. The van der Waals surface area contributed by atoms with Gasteiger partial charge >= 0.3 is 5.97 Å². The number of benzene rings is 1. The fraction of sp³-hybridized carbons (Fsp3) is 0.734. The van der Waals surface area contributed by atoms with Gasteiger partial charge in [-0.05, 0) is 123 Å². The number of phenolic OH excluding ortho intramolecular Hbond substituents is 1. The van der Waals surface area contributed by atoms with Crippen LogP contribution in [0.1, 0.15) is 196 Å². The molecule has 3 aliphatic rings. The number of primary amides is 1. The maximum Gasteiger partial charge on any atom is 0.328 e. The van der Waals surface area contributed by atoms with E-state index in [9.17, 15) is 113 Å². The lowest BCUT2D eigenvalue weighted by atomic mass is 9.99. The van der Waals surface area contributed by atoms with Gasteiger partial charge in [-0.2, -0.15) is 0 Å². The average molecular weight is 1710 g/mol. The van der Waals surface area contributed by atoms with Crippen molar-refractivity contribution >= 4 is 88.7 Å². The highest BCUT2D eigenvalue weighted by Gasteiger charge is 2.49. The predicted molar refractivity (Wildman–Crippen MR) is 433 cm³/mol. The molecule has 20 atom stereocenters. The number of aliphatic hydroxyl groups is 7. The van der Waals surface area contributed by atoms with Gasteiger partial charge in [0.25, 0.3) is 0 Å². The van der Waals surface area contributed by atoms with Gasteiger partial charge in [0, 0.05) is 39.0 Å². The Morgan fingerprint density at radius 2 is 1.06 bits per heavy atom. The van der Waals surface area contributed by atoms with Crippen molar-refractivity contribution in [2.45, 2.75) is 318 Å². The molecule has 120 heavy (non-hydrogen) atoms. The molecule has 0 radical (unpaired) electrons. The van der Waals surface area contributed by atoms with E-state index in [0.29, 0.717) is 36.1 Å². The van der Waals surface area contributed by atoms with Crippen molar-refractivity contribution in [2.24, 2.45) is 28.9 Å². The molecule has 1 aromatic carbocycles. The number of unbranched alkanes of at least 4 members (excludes halogenated alkanes) is 10. The number of esters is 1. The van der Waals surface area contributed by atoms with Crippen LogP contribution in [0.3, 0.4) is 0 Å². The molecule has 41 heteroatoms. The minimum atomic E-state index is -2.26. The smallest absolute Gasteiger partial charge is 0.328 e. The molecule has 2 unspecified atom stereocenters. The first-order valence-electron chi connectivity index (χ1n) is 41.7. The number of amides is 14. The van der Waals surface area contributed by atoms with Crippen LogP contribution in [-0.4, -0.2) is 311 Å². The van der Waals surface area contributed by atoms with E-state index in [1.165, 1.54) is 49.9 Å². The first kappa shape index (κ1) is 103. The Bertz CT molecular complexity index is 3540. The van der Waals surface area contributed by atoms with E-state index in [1.54, 1.807) is 0 Å². The van der Waals surface area contributed by atoms with Crippen LogP contribution in [0.5, 0.6) is 5.75 Å². The third kappa shape index (κ3) is 33.6. The van der Waals surface area contributed by atoms with Crippen molar-refractivity contribution in [2.75, 3.05) is 45.8 Å². The van der Waals surface area contributed by atoms with Gasteiger partial charge in [0.2, 0.25) is 82.7 Å². The Morgan fingerprint density at radius 3 is 1.62 bits per heavy atom. The number of hydrogen-bond acceptors (Lipinski definition) is 27. The third-order valence-electron chi connectivity index (χ3n) is 21.2. The van der Waals surface area contributed by atoms with Crippen molar-refractivity contribution in [3.63, 3.8) is 0 Å². The number of nitrogens with one attached hydrogen (secondary N) is 10. The van der Waals surface area contributed by atoms with Crippen LogP contribution in [0.4, 0.5) is 0 Å². The zero-order valence-electron chi connectivity index (χ0n) is 70.2. The van der Waals surface area contributed by atoms with Crippen LogP contribution >= 0.6 is 0 Å². The number of carbonyl (C=O) groups is 15. The second-order valence-electron chi connectivity index (χ2n) is 31.9. The molecule has 0 bridgehead atoms. The SMILES string of the molecule is CCCCCCCCCCCCC[C@@H]1CC(=O)N[C@H]([C@@H](C)O)C(=O)N[C@H](C)C(=O)N[C@@H](Cc2ccc(O)cc2)C(=O)N[C@@H](C(C)C)C(=O)N2C[C@H](O)C[C@H]2C(=O)N[C@H]([C@@H](C)O)C(=O)N[C@@H]([C@@H](C)O)C(=O)N2CC[C@H](O)[C@H]2C(=O)NC(C(O)CC(N)=O)C(=O)NCC(=O)N[C@@H]([C@@H](C)O)C(=O)N[C@H](CCCN(CCCN)C(=O)[C@@H](N)CCCN)C(=O)O1. The Balaban J connectivity index is 1.88. The number of cyclic esters (lactones) is 1. The molecule has 0 aromatic heterocycles. The maximum atomic E-state index is 14.9. The number of rotatable bonds is 33. The van der Waals surface area contributed by atoms with E-state index in [-0.39, 0.29) is 70.5 Å². The number of aromatic hydroxyl groups is 1. The van der Waals surface area contributed by atoms with Gasteiger partial charge in [-0.1, -0.05) is 97.1 Å². The molecule has 4 rings (SSSR count). The van der Waals surface area contributed by atoms with E-state index in [1.807, 2.05) is 0 Å². The molecule has 678 valence electrons. The average Bonchev–Trinajstić information content (AvgIpc) is 1.63. The Morgan fingerprint density at radius 1 is 0.550 bits per heavy atom. The van der Waals surface area contributed by atoms with Gasteiger partial charge in [0.05, 0.1) is 68.2 Å². The van der Waals surface area contributed by atoms with Gasteiger partial charge in [-0.3, -0.25) is 67.1 Å². The van der Waals surface area contributed by atoms with Crippen molar-refractivity contribution < 1.29 is 118 Å². The summed E-state index contributed by atoms with van der Waals surface area (Å²) in [7, 11) is 0. The van der Waals surface area contributed by atoms with Crippen molar-refractivity contribution in [1.29, 1.82) is 0 Å². The molecular formula is C79H133N17O24. The van der Waals surface area contributed by atoms with E-state index in [0.717, 1.165) is 90.4 Å². The molecule has 0 spiro atoms. The molecule has 1 aromatic rings. The summed E-state index contributed by atoms with van der Waals surface area (Å²) in [6.45, 7) is 9.00.